The summed E-state index contributed by atoms with van der Waals surface area (Å²) in [7, 11) is 0. The minimum absolute atomic E-state index is 0.135. The fourth-order valence-corrected chi connectivity index (χ4v) is 4.56. The van der Waals surface area contributed by atoms with Crippen molar-refractivity contribution < 1.29 is 52.3 Å². The van der Waals surface area contributed by atoms with Gasteiger partial charge >= 0.3 is 17.9 Å². The molecule has 0 atom stereocenters. The van der Waals surface area contributed by atoms with E-state index in [1.165, 1.54) is 0 Å². The Labute approximate surface area is 287 Å². The fourth-order valence-electron chi connectivity index (χ4n) is 4.56. The summed E-state index contributed by atoms with van der Waals surface area (Å²) >= 11 is 0. The van der Waals surface area contributed by atoms with Gasteiger partial charge < -0.3 is 37.9 Å². The molecule has 3 aromatic carbocycles. The number of carbonyl (C=O) groups is 3. The van der Waals surface area contributed by atoms with Gasteiger partial charge in [0.15, 0.2) is 0 Å². The average molecular weight is 677 g/mol. The summed E-state index contributed by atoms with van der Waals surface area (Å²) in [6, 6.07) is 19.5. The molecule has 1 heterocycles. The van der Waals surface area contributed by atoms with Crippen molar-refractivity contribution in [1.82, 2.24) is 0 Å². The van der Waals surface area contributed by atoms with Crippen LogP contribution in [-0.4, -0.2) is 77.4 Å². The van der Waals surface area contributed by atoms with E-state index in [1.54, 1.807) is 72.8 Å². The van der Waals surface area contributed by atoms with E-state index in [1.807, 2.05) is 0 Å². The molecule has 4 rings (SSSR count). The zero-order chi connectivity index (χ0) is 34.7. The van der Waals surface area contributed by atoms with Gasteiger partial charge in [-0.15, -0.1) is 0 Å². The van der Waals surface area contributed by atoms with Crippen molar-refractivity contribution in [2.45, 2.75) is 32.6 Å². The molecule has 1 aliphatic heterocycles. The van der Waals surface area contributed by atoms with Gasteiger partial charge in [0.25, 0.3) is 0 Å². The van der Waals surface area contributed by atoms with Crippen LogP contribution in [0.4, 0.5) is 0 Å². The molecule has 49 heavy (non-hydrogen) atoms. The van der Waals surface area contributed by atoms with E-state index >= 15 is 0 Å². The second kappa shape index (κ2) is 20.0. The maximum atomic E-state index is 12.6. The summed E-state index contributed by atoms with van der Waals surface area (Å²) in [4.78, 5) is 36.2. The van der Waals surface area contributed by atoms with E-state index in [4.69, 9.17) is 37.9 Å². The van der Waals surface area contributed by atoms with Gasteiger partial charge in [0.05, 0.1) is 50.8 Å². The highest BCUT2D eigenvalue weighted by Crippen LogP contribution is 2.26. The third kappa shape index (κ3) is 13.4. The van der Waals surface area contributed by atoms with Crippen molar-refractivity contribution in [3.05, 3.63) is 96.6 Å². The van der Waals surface area contributed by atoms with Crippen molar-refractivity contribution >= 4 is 17.9 Å². The normalized spacial score (nSPS) is 13.1. The molecule has 0 bridgehead atoms. The van der Waals surface area contributed by atoms with Crippen LogP contribution in [0.5, 0.6) is 23.0 Å². The van der Waals surface area contributed by atoms with Gasteiger partial charge in [-0.1, -0.05) is 19.9 Å². The highest BCUT2D eigenvalue weighted by atomic mass is 16.6. The Morgan fingerprint density at radius 2 is 1.12 bits per heavy atom. The second-order valence-corrected chi connectivity index (χ2v) is 11.8. The van der Waals surface area contributed by atoms with Crippen molar-refractivity contribution in [2.75, 3.05) is 59.5 Å². The molecule has 1 fully saturated rings. The molecule has 1 saturated heterocycles. The summed E-state index contributed by atoms with van der Waals surface area (Å²) in [5.74, 6) is 0.290. The Hall–Kier alpha value is -4.71. The molecule has 0 aromatic heterocycles. The van der Waals surface area contributed by atoms with E-state index in [0.29, 0.717) is 47.3 Å². The summed E-state index contributed by atoms with van der Waals surface area (Å²) in [6.07, 6.45) is 5.22. The van der Waals surface area contributed by atoms with E-state index < -0.39 is 17.9 Å². The summed E-state index contributed by atoms with van der Waals surface area (Å²) < 4.78 is 43.4. The summed E-state index contributed by atoms with van der Waals surface area (Å²) in [5.41, 5.74) is 0.920. The van der Waals surface area contributed by atoms with E-state index in [-0.39, 0.29) is 25.2 Å². The maximum Gasteiger partial charge on any atom is 0.343 e. The Morgan fingerprint density at radius 1 is 0.633 bits per heavy atom. The van der Waals surface area contributed by atoms with E-state index in [2.05, 4.69) is 13.5 Å². The zero-order valence-electron chi connectivity index (χ0n) is 27.9. The fraction of sp³-hybridized carbons (Fsp3) is 0.395. The number of hydrogen-bond acceptors (Lipinski definition) is 11. The lowest BCUT2D eigenvalue weighted by Crippen LogP contribution is -2.43. The van der Waals surface area contributed by atoms with Gasteiger partial charge in [0.1, 0.15) is 36.2 Å². The summed E-state index contributed by atoms with van der Waals surface area (Å²) in [6.45, 7) is 10.2. The predicted octanol–water partition coefficient (Wildman–Crippen LogP) is 6.24. The second-order valence-electron chi connectivity index (χ2n) is 11.8. The monoisotopic (exact) mass is 676 g/mol. The molecule has 262 valence electrons. The molecule has 0 N–H and O–H groups in total. The average Bonchev–Trinajstić information content (AvgIpc) is 3.10. The first-order chi connectivity index (χ1) is 23.8. The molecular formula is C38H44O11. The molecule has 0 spiro atoms. The van der Waals surface area contributed by atoms with Crippen LogP contribution in [0.15, 0.2) is 85.5 Å². The smallest absolute Gasteiger partial charge is 0.343 e. The number of hydrogen-bond donors (Lipinski definition) is 0. The number of rotatable bonds is 22. The molecule has 0 saturated carbocycles. The lowest BCUT2D eigenvalue weighted by molar-refractivity contribution is -0.139. The lowest BCUT2D eigenvalue weighted by atomic mass is 9.90. The van der Waals surface area contributed by atoms with Crippen molar-refractivity contribution in [2.24, 2.45) is 5.41 Å². The third-order valence-corrected chi connectivity index (χ3v) is 7.36. The molecule has 0 radical (unpaired) electrons. The number of unbranched alkanes of at least 4 members (excludes halogenated alkanes) is 3. The van der Waals surface area contributed by atoms with Crippen LogP contribution in [0.1, 0.15) is 53.3 Å². The van der Waals surface area contributed by atoms with Crippen LogP contribution in [0, 0.1) is 5.41 Å². The molecule has 3 aromatic rings. The van der Waals surface area contributed by atoms with Crippen LogP contribution in [-0.2, 0) is 23.7 Å². The highest BCUT2D eigenvalue weighted by Gasteiger charge is 2.33. The molecule has 11 nitrogen and oxygen atoms in total. The van der Waals surface area contributed by atoms with Crippen LogP contribution in [0.3, 0.4) is 0 Å². The van der Waals surface area contributed by atoms with E-state index in [9.17, 15) is 14.4 Å². The first kappa shape index (κ1) is 37.1. The van der Waals surface area contributed by atoms with Gasteiger partial charge in [-0.2, -0.15) is 0 Å². The van der Waals surface area contributed by atoms with Gasteiger partial charge in [-0.25, -0.2) is 14.4 Å². The SMILES string of the molecule is C=CC(=O)OCCOCCOc1ccc(C(=O)Oc2ccc(OC(=O)c3ccc(OCCCCCCOCC4(C)COC4)cc3)cc2)cc1. The van der Waals surface area contributed by atoms with Gasteiger partial charge in [0, 0.05) is 18.1 Å². The number of carbonyl (C=O) groups excluding carboxylic acids is 3. The minimum atomic E-state index is -0.550. The lowest BCUT2D eigenvalue weighted by Gasteiger charge is -2.37. The van der Waals surface area contributed by atoms with Crippen molar-refractivity contribution in [3.8, 4) is 23.0 Å². The largest absolute Gasteiger partial charge is 0.494 e. The summed E-state index contributed by atoms with van der Waals surface area (Å²) in [5, 5.41) is 0. The van der Waals surface area contributed by atoms with Gasteiger partial charge in [-0.3, -0.25) is 0 Å². The first-order valence-corrected chi connectivity index (χ1v) is 16.4. The van der Waals surface area contributed by atoms with Gasteiger partial charge in [-0.05, 0) is 92.1 Å². The molecule has 0 amide bonds. The van der Waals surface area contributed by atoms with Crippen LogP contribution in [0.2, 0.25) is 0 Å². The Bertz CT molecular complexity index is 1460. The van der Waals surface area contributed by atoms with Crippen molar-refractivity contribution in [1.29, 1.82) is 0 Å². The van der Waals surface area contributed by atoms with E-state index in [0.717, 1.165) is 58.2 Å². The first-order valence-electron chi connectivity index (χ1n) is 16.4. The predicted molar refractivity (Wildman–Crippen MR) is 180 cm³/mol. The molecule has 0 aliphatic carbocycles. The number of esters is 3. The number of ether oxygens (including phenoxy) is 8. The highest BCUT2D eigenvalue weighted by molar-refractivity contribution is 5.92. The topological polar surface area (TPSA) is 125 Å². The standard InChI is InChI=1S/C38H44O11/c1-3-35(39)47-25-23-42-22-24-46-32-14-10-30(11-15-32)37(41)49-34-18-16-33(17-19-34)48-36(40)29-8-12-31(13-9-29)45-21-7-5-4-6-20-43-26-38(2)27-44-28-38/h3,8-19H,1,4-7,20-28H2,2H3. The molecular weight excluding hydrogens is 632 g/mol. The molecule has 0 unspecified atom stereocenters. The van der Waals surface area contributed by atoms with Crippen LogP contribution >= 0.6 is 0 Å². The quantitative estimate of drug-likeness (QED) is 0.0520. The maximum absolute atomic E-state index is 12.6. The molecule has 11 heteroatoms. The minimum Gasteiger partial charge on any atom is -0.494 e. The van der Waals surface area contributed by atoms with Crippen LogP contribution < -0.4 is 18.9 Å². The number of benzene rings is 3. The molecule has 1 aliphatic rings. The Balaban J connectivity index is 1.08. The Kier molecular flexibility index (Phi) is 15.1. The third-order valence-electron chi connectivity index (χ3n) is 7.36. The van der Waals surface area contributed by atoms with Gasteiger partial charge in [0.2, 0.25) is 0 Å². The zero-order valence-corrected chi connectivity index (χ0v) is 27.9. The van der Waals surface area contributed by atoms with Crippen molar-refractivity contribution in [3.63, 3.8) is 0 Å². The van der Waals surface area contributed by atoms with Crippen LogP contribution in [0.25, 0.3) is 0 Å². The Morgan fingerprint density at radius 3 is 1.63 bits per heavy atom.